The van der Waals surface area contributed by atoms with E-state index in [1.54, 1.807) is 11.3 Å². The Morgan fingerprint density at radius 3 is 2.81 bits per heavy atom. The van der Waals surface area contributed by atoms with Crippen LogP contribution in [-0.4, -0.2) is 28.6 Å². The van der Waals surface area contributed by atoms with E-state index < -0.39 is 0 Å². The lowest BCUT2D eigenvalue weighted by atomic mass is 10.2. The Bertz CT molecular complexity index is 347. The van der Waals surface area contributed by atoms with Gasteiger partial charge in [-0.05, 0) is 25.1 Å². The van der Waals surface area contributed by atoms with E-state index in [1.807, 2.05) is 18.9 Å². The van der Waals surface area contributed by atoms with Gasteiger partial charge >= 0.3 is 0 Å². The predicted octanol–water partition coefficient (Wildman–Crippen LogP) is 2.41. The van der Waals surface area contributed by atoms with Crippen molar-refractivity contribution in [2.45, 2.75) is 27.3 Å². The monoisotopic (exact) mass is 257 g/mol. The first kappa shape index (κ1) is 13.4. The molecule has 3 nitrogen and oxygen atoms in total. The molecule has 0 saturated heterocycles. The summed E-state index contributed by atoms with van der Waals surface area (Å²) in [6, 6.07) is 0. The van der Waals surface area contributed by atoms with Gasteiger partial charge in [0.2, 0.25) is 0 Å². The Morgan fingerprint density at radius 1 is 1.62 bits per heavy atom. The highest BCUT2D eigenvalue weighted by atomic mass is 32.1. The van der Waals surface area contributed by atoms with Gasteiger partial charge in [0.05, 0.1) is 17.2 Å². The van der Waals surface area contributed by atoms with Crippen molar-refractivity contribution >= 4 is 28.7 Å². The van der Waals surface area contributed by atoms with E-state index in [0.29, 0.717) is 5.92 Å². The fraction of sp³-hybridized carbons (Fsp3) is 0.636. The fourth-order valence-electron chi connectivity index (χ4n) is 1.22. The summed E-state index contributed by atoms with van der Waals surface area (Å²) in [4.78, 5) is 6.44. The molecule has 1 rings (SSSR count). The van der Waals surface area contributed by atoms with Crippen molar-refractivity contribution < 1.29 is 0 Å². The van der Waals surface area contributed by atoms with Crippen LogP contribution in [0.5, 0.6) is 0 Å². The Balaban J connectivity index is 2.39. The van der Waals surface area contributed by atoms with Crippen molar-refractivity contribution in [1.29, 1.82) is 0 Å². The summed E-state index contributed by atoms with van der Waals surface area (Å²) in [5.74, 6) is 0.605. The SMILES string of the molecule is Cc1nc(CN(C)C(=S)NCC(C)C)cs1. The van der Waals surface area contributed by atoms with Gasteiger partial charge < -0.3 is 10.2 Å². The van der Waals surface area contributed by atoms with Gasteiger partial charge in [0.1, 0.15) is 0 Å². The summed E-state index contributed by atoms with van der Waals surface area (Å²) in [6.45, 7) is 8.04. The highest BCUT2D eigenvalue weighted by molar-refractivity contribution is 7.80. The summed E-state index contributed by atoms with van der Waals surface area (Å²) in [7, 11) is 1.99. The van der Waals surface area contributed by atoms with Crippen LogP contribution < -0.4 is 5.32 Å². The van der Waals surface area contributed by atoms with Crippen LogP contribution in [-0.2, 0) is 6.54 Å². The lowest BCUT2D eigenvalue weighted by molar-refractivity contribution is 0.474. The third kappa shape index (κ3) is 4.45. The van der Waals surface area contributed by atoms with Crippen LogP contribution in [0.2, 0.25) is 0 Å². The van der Waals surface area contributed by atoms with Gasteiger partial charge in [-0.3, -0.25) is 0 Å². The third-order valence-corrected chi connectivity index (χ3v) is 3.35. The smallest absolute Gasteiger partial charge is 0.169 e. The van der Waals surface area contributed by atoms with Crippen molar-refractivity contribution in [3.63, 3.8) is 0 Å². The normalized spacial score (nSPS) is 10.6. The Morgan fingerprint density at radius 2 is 2.31 bits per heavy atom. The van der Waals surface area contributed by atoms with Crippen molar-refractivity contribution in [2.75, 3.05) is 13.6 Å². The largest absolute Gasteiger partial charge is 0.362 e. The highest BCUT2D eigenvalue weighted by Crippen LogP contribution is 2.09. The van der Waals surface area contributed by atoms with Crippen molar-refractivity contribution in [3.05, 3.63) is 16.1 Å². The van der Waals surface area contributed by atoms with Gasteiger partial charge in [-0.2, -0.15) is 0 Å². The number of hydrogen-bond acceptors (Lipinski definition) is 3. The molecular formula is C11H19N3S2. The third-order valence-electron chi connectivity index (χ3n) is 2.07. The number of hydrogen-bond donors (Lipinski definition) is 1. The summed E-state index contributed by atoms with van der Waals surface area (Å²) in [6.07, 6.45) is 0. The second-order valence-electron chi connectivity index (χ2n) is 4.29. The minimum atomic E-state index is 0.605. The number of aryl methyl sites for hydroxylation is 1. The molecule has 90 valence electrons. The fourth-order valence-corrected chi connectivity index (χ4v) is 1.97. The molecule has 1 aromatic heterocycles. The minimum absolute atomic E-state index is 0.605. The zero-order chi connectivity index (χ0) is 12.1. The molecule has 0 bridgehead atoms. The maximum atomic E-state index is 5.29. The molecule has 1 N–H and O–H groups in total. The maximum absolute atomic E-state index is 5.29. The van der Waals surface area contributed by atoms with E-state index in [4.69, 9.17) is 12.2 Å². The van der Waals surface area contributed by atoms with Gasteiger partial charge in [0.15, 0.2) is 5.11 Å². The molecule has 0 fully saturated rings. The second kappa shape index (κ2) is 6.15. The van der Waals surface area contributed by atoms with Crippen LogP contribution in [0.15, 0.2) is 5.38 Å². The summed E-state index contributed by atoms with van der Waals surface area (Å²) < 4.78 is 0. The van der Waals surface area contributed by atoms with Crippen LogP contribution in [0.25, 0.3) is 0 Å². The Kier molecular flexibility index (Phi) is 5.15. The summed E-state index contributed by atoms with van der Waals surface area (Å²) in [5, 5.41) is 7.21. The molecule has 0 aliphatic rings. The van der Waals surface area contributed by atoms with Crippen molar-refractivity contribution in [2.24, 2.45) is 5.92 Å². The van der Waals surface area contributed by atoms with E-state index in [9.17, 15) is 0 Å². The molecule has 0 aliphatic carbocycles. The molecule has 1 aromatic rings. The number of nitrogens with zero attached hydrogens (tertiary/aromatic N) is 2. The molecule has 0 spiro atoms. The summed E-state index contributed by atoms with van der Waals surface area (Å²) in [5.41, 5.74) is 1.08. The van der Waals surface area contributed by atoms with E-state index in [-0.39, 0.29) is 0 Å². The van der Waals surface area contributed by atoms with E-state index >= 15 is 0 Å². The van der Waals surface area contributed by atoms with E-state index in [2.05, 4.69) is 29.5 Å². The maximum Gasteiger partial charge on any atom is 0.169 e. The lowest BCUT2D eigenvalue weighted by Crippen LogP contribution is -2.38. The van der Waals surface area contributed by atoms with Crippen LogP contribution >= 0.6 is 23.6 Å². The van der Waals surface area contributed by atoms with Crippen LogP contribution in [0, 0.1) is 12.8 Å². The van der Waals surface area contributed by atoms with Crippen molar-refractivity contribution in [1.82, 2.24) is 15.2 Å². The molecule has 0 atom stereocenters. The van der Waals surface area contributed by atoms with Gasteiger partial charge in [-0.1, -0.05) is 13.8 Å². The highest BCUT2D eigenvalue weighted by Gasteiger charge is 2.07. The Labute approximate surface area is 107 Å². The minimum Gasteiger partial charge on any atom is -0.362 e. The first-order valence-electron chi connectivity index (χ1n) is 5.39. The molecule has 16 heavy (non-hydrogen) atoms. The molecule has 0 aromatic carbocycles. The van der Waals surface area contributed by atoms with E-state index in [0.717, 1.165) is 28.9 Å². The van der Waals surface area contributed by atoms with Crippen LogP contribution in [0.3, 0.4) is 0 Å². The van der Waals surface area contributed by atoms with Gasteiger partial charge in [0, 0.05) is 19.0 Å². The molecule has 0 aliphatic heterocycles. The van der Waals surface area contributed by atoms with E-state index in [1.165, 1.54) is 0 Å². The van der Waals surface area contributed by atoms with Gasteiger partial charge in [-0.15, -0.1) is 11.3 Å². The quantitative estimate of drug-likeness (QED) is 0.839. The van der Waals surface area contributed by atoms with Crippen molar-refractivity contribution in [3.8, 4) is 0 Å². The molecule has 0 unspecified atom stereocenters. The summed E-state index contributed by atoms with van der Waals surface area (Å²) >= 11 is 6.97. The molecular weight excluding hydrogens is 238 g/mol. The molecule has 1 heterocycles. The molecule has 0 saturated carbocycles. The molecule has 0 radical (unpaired) electrons. The number of nitrogens with one attached hydrogen (secondary N) is 1. The number of aromatic nitrogens is 1. The van der Waals surface area contributed by atoms with Gasteiger partial charge in [0.25, 0.3) is 0 Å². The average Bonchev–Trinajstić information content (AvgIpc) is 2.60. The molecule has 0 amide bonds. The standard InChI is InChI=1S/C11H19N3S2/c1-8(2)5-12-11(15)14(4)6-10-7-16-9(3)13-10/h7-8H,5-6H2,1-4H3,(H,12,15). The molecule has 5 heteroatoms. The zero-order valence-corrected chi connectivity index (χ0v) is 11.9. The first-order chi connectivity index (χ1) is 7.49. The average molecular weight is 257 g/mol. The topological polar surface area (TPSA) is 28.2 Å². The zero-order valence-electron chi connectivity index (χ0n) is 10.3. The first-order valence-corrected chi connectivity index (χ1v) is 6.67. The number of thiocarbonyl (C=S) groups is 1. The predicted molar refractivity (Wildman–Crippen MR) is 73.8 cm³/mol. The lowest BCUT2D eigenvalue weighted by Gasteiger charge is -2.20. The second-order valence-corrected chi connectivity index (χ2v) is 5.74. The number of thiazole rings is 1. The van der Waals surface area contributed by atoms with Crippen LogP contribution in [0.1, 0.15) is 24.5 Å². The number of rotatable bonds is 4. The van der Waals surface area contributed by atoms with Gasteiger partial charge in [-0.25, -0.2) is 4.98 Å². The Hall–Kier alpha value is -0.680. The van der Waals surface area contributed by atoms with Crippen LogP contribution in [0.4, 0.5) is 0 Å².